The Morgan fingerprint density at radius 2 is 1.75 bits per heavy atom. The Labute approximate surface area is 162 Å². The Hall–Kier alpha value is -2.55. The number of carbonyl (C=O) groups is 1. The van der Waals surface area contributed by atoms with E-state index in [2.05, 4.69) is 5.32 Å². The van der Waals surface area contributed by atoms with Gasteiger partial charge in [-0.1, -0.05) is 36.4 Å². The average molecular weight is 414 g/mol. The van der Waals surface area contributed by atoms with Crippen LogP contribution in [0, 0.1) is 0 Å². The first-order valence-electron chi connectivity index (χ1n) is 8.48. The smallest absolute Gasteiger partial charge is 0.354 e. The highest BCUT2D eigenvalue weighted by molar-refractivity contribution is 7.92. The van der Waals surface area contributed by atoms with Crippen LogP contribution in [-0.2, 0) is 27.4 Å². The molecular formula is C19H21F3N2O3S. The number of halogens is 3. The largest absolute Gasteiger partial charge is 0.416 e. The van der Waals surface area contributed by atoms with Crippen LogP contribution in [0.5, 0.6) is 0 Å². The van der Waals surface area contributed by atoms with E-state index in [1.54, 1.807) is 0 Å². The van der Waals surface area contributed by atoms with E-state index in [0.29, 0.717) is 10.7 Å². The second-order valence-corrected chi connectivity index (χ2v) is 8.17. The van der Waals surface area contributed by atoms with Gasteiger partial charge in [-0.25, -0.2) is 8.42 Å². The Morgan fingerprint density at radius 1 is 1.11 bits per heavy atom. The second kappa shape index (κ2) is 8.64. The average Bonchev–Trinajstić information content (AvgIpc) is 2.61. The van der Waals surface area contributed by atoms with Crippen molar-refractivity contribution in [1.82, 2.24) is 5.32 Å². The van der Waals surface area contributed by atoms with Crippen LogP contribution < -0.4 is 9.62 Å². The van der Waals surface area contributed by atoms with Crippen molar-refractivity contribution >= 4 is 21.6 Å². The van der Waals surface area contributed by atoms with Gasteiger partial charge in [0.15, 0.2) is 0 Å². The lowest BCUT2D eigenvalue weighted by Gasteiger charge is -2.28. The number of amides is 1. The normalized spacial score (nSPS) is 13.0. The van der Waals surface area contributed by atoms with Gasteiger partial charge in [-0.15, -0.1) is 0 Å². The van der Waals surface area contributed by atoms with Crippen molar-refractivity contribution in [2.45, 2.75) is 25.6 Å². The van der Waals surface area contributed by atoms with Crippen molar-refractivity contribution in [3.8, 4) is 0 Å². The van der Waals surface area contributed by atoms with Crippen molar-refractivity contribution in [3.05, 3.63) is 65.7 Å². The van der Waals surface area contributed by atoms with E-state index < -0.39 is 33.7 Å². The summed E-state index contributed by atoms with van der Waals surface area (Å²) in [7, 11) is -4.00. The van der Waals surface area contributed by atoms with E-state index in [-0.39, 0.29) is 12.2 Å². The topological polar surface area (TPSA) is 66.5 Å². The summed E-state index contributed by atoms with van der Waals surface area (Å²) in [6, 6.07) is 12.0. The highest BCUT2D eigenvalue weighted by atomic mass is 32.2. The number of sulfonamides is 1. The predicted molar refractivity (Wildman–Crippen MR) is 101 cm³/mol. The molecule has 0 aliphatic carbocycles. The van der Waals surface area contributed by atoms with Gasteiger partial charge in [0.1, 0.15) is 6.04 Å². The molecule has 2 rings (SSSR count). The first kappa shape index (κ1) is 21.7. The van der Waals surface area contributed by atoms with Crippen molar-refractivity contribution < 1.29 is 26.4 Å². The zero-order chi connectivity index (χ0) is 20.9. The molecule has 0 aliphatic rings. The van der Waals surface area contributed by atoms with Crippen LogP contribution in [0.3, 0.4) is 0 Å². The van der Waals surface area contributed by atoms with Gasteiger partial charge in [0.25, 0.3) is 0 Å². The van der Waals surface area contributed by atoms with Gasteiger partial charge in [-0.3, -0.25) is 9.10 Å². The Kier molecular flexibility index (Phi) is 6.71. The van der Waals surface area contributed by atoms with E-state index in [4.69, 9.17) is 0 Å². The quantitative estimate of drug-likeness (QED) is 0.757. The minimum Gasteiger partial charge on any atom is -0.354 e. The van der Waals surface area contributed by atoms with E-state index in [1.807, 2.05) is 30.3 Å². The second-order valence-electron chi connectivity index (χ2n) is 6.31. The Morgan fingerprint density at radius 3 is 2.32 bits per heavy atom. The van der Waals surface area contributed by atoms with Crippen molar-refractivity contribution in [2.24, 2.45) is 0 Å². The number of carbonyl (C=O) groups excluding carboxylic acids is 1. The fraction of sp³-hybridized carbons (Fsp3) is 0.316. The summed E-state index contributed by atoms with van der Waals surface area (Å²) in [4.78, 5) is 12.4. The molecule has 1 N–H and O–H groups in total. The molecule has 1 amide bonds. The van der Waals surface area contributed by atoms with Crippen LogP contribution in [0.4, 0.5) is 18.9 Å². The number of nitrogens with zero attached hydrogens (tertiary/aromatic N) is 1. The molecule has 0 aliphatic heterocycles. The summed E-state index contributed by atoms with van der Waals surface area (Å²) in [5.74, 6) is -0.598. The van der Waals surface area contributed by atoms with Crippen LogP contribution in [-0.4, -0.2) is 33.2 Å². The Bertz CT molecular complexity index is 916. The molecule has 0 unspecified atom stereocenters. The highest BCUT2D eigenvalue weighted by Crippen LogP contribution is 2.32. The number of alkyl halides is 3. The molecule has 1 atom stereocenters. The Balaban J connectivity index is 2.17. The van der Waals surface area contributed by atoms with Crippen molar-refractivity contribution in [1.29, 1.82) is 0 Å². The summed E-state index contributed by atoms with van der Waals surface area (Å²) < 4.78 is 64.0. The molecule has 0 spiro atoms. The molecule has 0 saturated heterocycles. The number of rotatable bonds is 7. The SMILES string of the molecule is C[C@@H](C(=O)NCCc1ccccc1)N(c1cccc(C(F)(F)F)c1)S(C)(=O)=O. The first-order valence-corrected chi connectivity index (χ1v) is 10.3. The summed E-state index contributed by atoms with van der Waals surface area (Å²) in [6.45, 7) is 1.60. The van der Waals surface area contributed by atoms with Crippen LogP contribution in [0.1, 0.15) is 18.1 Å². The molecule has 0 fully saturated rings. The van der Waals surface area contributed by atoms with E-state index >= 15 is 0 Å². The monoisotopic (exact) mass is 414 g/mol. The number of hydrogen-bond acceptors (Lipinski definition) is 3. The molecule has 0 bridgehead atoms. The standard InChI is InChI=1S/C19H21F3N2O3S/c1-14(18(25)23-12-11-15-7-4-3-5-8-15)24(28(2,26)27)17-10-6-9-16(13-17)19(20,21)22/h3-10,13-14H,11-12H2,1-2H3,(H,23,25)/t14-/m0/s1. The van der Waals surface area contributed by atoms with Gasteiger partial charge in [0.05, 0.1) is 17.5 Å². The number of hydrogen-bond donors (Lipinski definition) is 1. The molecule has 0 heterocycles. The zero-order valence-corrected chi connectivity index (χ0v) is 16.2. The molecule has 152 valence electrons. The molecule has 0 saturated carbocycles. The molecule has 0 aromatic heterocycles. The lowest BCUT2D eigenvalue weighted by molar-refractivity contribution is -0.137. The van der Waals surface area contributed by atoms with Crippen LogP contribution in [0.25, 0.3) is 0 Å². The summed E-state index contributed by atoms with van der Waals surface area (Å²) in [6.07, 6.45) is -3.23. The minimum atomic E-state index is -4.62. The molecular weight excluding hydrogens is 393 g/mol. The summed E-state index contributed by atoms with van der Waals surface area (Å²) in [5.41, 5.74) is -0.216. The summed E-state index contributed by atoms with van der Waals surface area (Å²) in [5, 5.41) is 2.63. The molecule has 2 aromatic carbocycles. The molecule has 0 radical (unpaired) electrons. The fourth-order valence-corrected chi connectivity index (χ4v) is 3.92. The molecule has 2 aromatic rings. The zero-order valence-electron chi connectivity index (χ0n) is 15.4. The van der Waals surface area contributed by atoms with Crippen molar-refractivity contribution in [2.75, 3.05) is 17.1 Å². The first-order chi connectivity index (χ1) is 13.0. The van der Waals surface area contributed by atoms with E-state index in [0.717, 1.165) is 30.0 Å². The maximum Gasteiger partial charge on any atom is 0.416 e. The highest BCUT2D eigenvalue weighted by Gasteiger charge is 2.33. The van der Waals surface area contributed by atoms with Gasteiger partial charge >= 0.3 is 6.18 Å². The third-order valence-corrected chi connectivity index (χ3v) is 5.31. The van der Waals surface area contributed by atoms with Gasteiger partial charge in [0.2, 0.25) is 15.9 Å². The van der Waals surface area contributed by atoms with E-state index in [1.165, 1.54) is 13.0 Å². The lowest BCUT2D eigenvalue weighted by atomic mass is 10.1. The van der Waals surface area contributed by atoms with Gasteiger partial charge in [0, 0.05) is 6.54 Å². The minimum absolute atomic E-state index is 0.219. The van der Waals surface area contributed by atoms with Crippen LogP contribution >= 0.6 is 0 Å². The maximum absolute atomic E-state index is 13.0. The molecule has 5 nitrogen and oxygen atoms in total. The third kappa shape index (κ3) is 5.72. The maximum atomic E-state index is 13.0. The summed E-state index contributed by atoms with van der Waals surface area (Å²) >= 11 is 0. The van der Waals surface area contributed by atoms with Crippen molar-refractivity contribution in [3.63, 3.8) is 0 Å². The number of anilines is 1. The number of benzene rings is 2. The predicted octanol–water partition coefficient (Wildman–Crippen LogP) is 3.22. The molecule has 28 heavy (non-hydrogen) atoms. The molecule has 9 heteroatoms. The van der Waals surface area contributed by atoms with E-state index in [9.17, 15) is 26.4 Å². The fourth-order valence-electron chi connectivity index (χ4n) is 2.75. The van der Waals surface area contributed by atoms with Gasteiger partial charge in [-0.05, 0) is 37.1 Å². The lowest BCUT2D eigenvalue weighted by Crippen LogP contribution is -2.48. The van der Waals surface area contributed by atoms with Gasteiger partial charge < -0.3 is 5.32 Å². The van der Waals surface area contributed by atoms with Crippen LogP contribution in [0.15, 0.2) is 54.6 Å². The van der Waals surface area contributed by atoms with Crippen LogP contribution in [0.2, 0.25) is 0 Å². The third-order valence-electron chi connectivity index (χ3n) is 4.07. The number of nitrogens with one attached hydrogen (secondary N) is 1. The van der Waals surface area contributed by atoms with Gasteiger partial charge in [-0.2, -0.15) is 13.2 Å².